The lowest BCUT2D eigenvalue weighted by atomic mass is 9.98. The van der Waals surface area contributed by atoms with Crippen molar-refractivity contribution >= 4 is 11.7 Å². The summed E-state index contributed by atoms with van der Waals surface area (Å²) in [7, 11) is 0. The van der Waals surface area contributed by atoms with Gasteiger partial charge in [-0.25, -0.2) is 4.68 Å². The predicted octanol–water partition coefficient (Wildman–Crippen LogP) is 1.78. The Morgan fingerprint density at radius 2 is 1.96 bits per heavy atom. The van der Waals surface area contributed by atoms with Crippen molar-refractivity contribution in [3.63, 3.8) is 0 Å². The van der Waals surface area contributed by atoms with Gasteiger partial charge in [0.1, 0.15) is 6.54 Å². The van der Waals surface area contributed by atoms with E-state index in [0.717, 1.165) is 31.6 Å². The van der Waals surface area contributed by atoms with Crippen LogP contribution in [-0.2, 0) is 11.3 Å². The minimum atomic E-state index is -0.153. The van der Waals surface area contributed by atoms with Crippen LogP contribution in [0, 0.1) is 19.8 Å². The number of piperidine rings is 1. The van der Waals surface area contributed by atoms with Gasteiger partial charge >= 0.3 is 0 Å². The number of carbonyl (C=O) groups excluding carboxylic acids is 1. The molecule has 142 valence electrons. The van der Waals surface area contributed by atoms with Crippen molar-refractivity contribution in [1.29, 1.82) is 0 Å². The molecule has 0 saturated carbocycles. The topological polar surface area (TPSA) is 102 Å². The van der Waals surface area contributed by atoms with Gasteiger partial charge in [-0.2, -0.15) is 4.98 Å². The summed E-state index contributed by atoms with van der Waals surface area (Å²) in [6, 6.07) is -0.153. The smallest absolute Gasteiger partial charge is 0.243 e. The Bertz CT molecular complexity index is 746. The van der Waals surface area contributed by atoms with Crippen molar-refractivity contribution in [1.82, 2.24) is 30.0 Å². The van der Waals surface area contributed by atoms with E-state index in [2.05, 4.69) is 44.5 Å². The first-order chi connectivity index (χ1) is 12.5. The number of nitrogens with zero attached hydrogens (tertiary/aromatic N) is 6. The van der Waals surface area contributed by atoms with Crippen molar-refractivity contribution in [2.24, 2.45) is 5.92 Å². The molecule has 26 heavy (non-hydrogen) atoms. The summed E-state index contributed by atoms with van der Waals surface area (Å²) in [5.74, 6) is 1.73. The first-order valence-corrected chi connectivity index (χ1v) is 9.20. The van der Waals surface area contributed by atoms with Crippen molar-refractivity contribution in [2.45, 2.75) is 59.5 Å². The van der Waals surface area contributed by atoms with Crippen LogP contribution in [-0.4, -0.2) is 55.1 Å². The molecule has 1 saturated heterocycles. The van der Waals surface area contributed by atoms with Gasteiger partial charge in [-0.1, -0.05) is 30.6 Å². The summed E-state index contributed by atoms with van der Waals surface area (Å²) in [6.45, 7) is 10.1. The molecule has 1 amide bonds. The lowest BCUT2D eigenvalue weighted by molar-refractivity contribution is -0.123. The second-order valence-corrected chi connectivity index (χ2v) is 7.19. The molecule has 3 heterocycles. The molecule has 0 aromatic carbocycles. The van der Waals surface area contributed by atoms with Crippen LogP contribution in [0.5, 0.6) is 0 Å². The highest BCUT2D eigenvalue weighted by Crippen LogP contribution is 2.20. The maximum Gasteiger partial charge on any atom is 0.243 e. The van der Waals surface area contributed by atoms with Crippen LogP contribution < -0.4 is 5.32 Å². The number of amides is 1. The van der Waals surface area contributed by atoms with E-state index in [0.29, 0.717) is 24.1 Å². The summed E-state index contributed by atoms with van der Waals surface area (Å²) in [5.41, 5.74) is 0.766. The molecular weight excluding hydrogens is 334 g/mol. The van der Waals surface area contributed by atoms with Gasteiger partial charge in [-0.3, -0.25) is 9.69 Å². The van der Waals surface area contributed by atoms with Crippen LogP contribution in [0.2, 0.25) is 0 Å². The highest BCUT2D eigenvalue weighted by Gasteiger charge is 2.30. The molecule has 2 aromatic rings. The molecule has 2 aromatic heterocycles. The Kier molecular flexibility index (Phi) is 5.65. The summed E-state index contributed by atoms with van der Waals surface area (Å²) in [6.07, 6.45) is 3.54. The fourth-order valence-corrected chi connectivity index (χ4v) is 3.44. The zero-order valence-electron chi connectivity index (χ0n) is 15.9. The van der Waals surface area contributed by atoms with Gasteiger partial charge in [-0.15, -0.1) is 5.10 Å². The third-order valence-electron chi connectivity index (χ3n) is 4.77. The Morgan fingerprint density at radius 1 is 1.23 bits per heavy atom. The minimum Gasteiger partial charge on any atom is -0.340 e. The standard InChI is InChI=1S/C17H27N7O2/c1-11(2)15(23-8-6-5-7-9-23)17(25)19-16-12(3)24(22-20-16)10-14-18-13(4)26-21-14/h11,15H,5-10H2,1-4H3,(H,19,25). The van der Waals surface area contributed by atoms with Gasteiger partial charge in [0, 0.05) is 6.92 Å². The first kappa shape index (κ1) is 18.5. The molecule has 0 radical (unpaired) electrons. The predicted molar refractivity (Wildman–Crippen MR) is 95.6 cm³/mol. The zero-order chi connectivity index (χ0) is 18.7. The molecular formula is C17H27N7O2. The first-order valence-electron chi connectivity index (χ1n) is 9.20. The number of carbonyl (C=O) groups is 1. The molecule has 0 spiro atoms. The van der Waals surface area contributed by atoms with E-state index in [9.17, 15) is 4.79 Å². The van der Waals surface area contributed by atoms with Crippen LogP contribution in [0.25, 0.3) is 0 Å². The molecule has 1 atom stereocenters. The number of aromatic nitrogens is 5. The number of aryl methyl sites for hydroxylation is 1. The van der Waals surface area contributed by atoms with E-state index in [1.807, 2.05) is 6.92 Å². The number of nitrogens with one attached hydrogen (secondary N) is 1. The SMILES string of the molecule is Cc1nc(Cn2nnc(NC(=O)C(C(C)C)N3CCCCC3)c2C)no1. The number of hydrogen-bond donors (Lipinski definition) is 1. The van der Waals surface area contributed by atoms with Crippen LogP contribution in [0.1, 0.15) is 50.5 Å². The van der Waals surface area contributed by atoms with E-state index >= 15 is 0 Å². The summed E-state index contributed by atoms with van der Waals surface area (Å²) >= 11 is 0. The fourth-order valence-electron chi connectivity index (χ4n) is 3.44. The van der Waals surface area contributed by atoms with Crippen LogP contribution in [0.4, 0.5) is 5.82 Å². The number of hydrogen-bond acceptors (Lipinski definition) is 7. The second-order valence-electron chi connectivity index (χ2n) is 7.19. The normalized spacial score (nSPS) is 16.8. The second kappa shape index (κ2) is 7.94. The molecule has 1 N–H and O–H groups in total. The van der Waals surface area contributed by atoms with Gasteiger partial charge in [0.15, 0.2) is 11.6 Å². The van der Waals surface area contributed by atoms with Crippen molar-refractivity contribution in [2.75, 3.05) is 18.4 Å². The van der Waals surface area contributed by atoms with E-state index in [1.165, 1.54) is 6.42 Å². The fraction of sp³-hybridized carbons (Fsp3) is 0.706. The van der Waals surface area contributed by atoms with E-state index < -0.39 is 0 Å². The number of likely N-dealkylation sites (tertiary alicyclic amines) is 1. The summed E-state index contributed by atoms with van der Waals surface area (Å²) in [5, 5.41) is 15.1. The number of anilines is 1. The lowest BCUT2D eigenvalue weighted by Crippen LogP contribution is -2.49. The minimum absolute atomic E-state index is 0.0209. The maximum atomic E-state index is 12.9. The van der Waals surface area contributed by atoms with Crippen LogP contribution in [0.15, 0.2) is 4.52 Å². The average Bonchev–Trinajstić information content (AvgIpc) is 3.16. The quantitative estimate of drug-likeness (QED) is 0.836. The maximum absolute atomic E-state index is 12.9. The largest absolute Gasteiger partial charge is 0.340 e. The zero-order valence-corrected chi connectivity index (χ0v) is 15.9. The molecule has 0 bridgehead atoms. The van der Waals surface area contributed by atoms with E-state index in [-0.39, 0.29) is 17.9 Å². The van der Waals surface area contributed by atoms with Crippen molar-refractivity contribution in [3.05, 3.63) is 17.4 Å². The van der Waals surface area contributed by atoms with Crippen molar-refractivity contribution < 1.29 is 9.32 Å². The summed E-state index contributed by atoms with van der Waals surface area (Å²) < 4.78 is 6.63. The Balaban J connectivity index is 1.70. The Morgan fingerprint density at radius 3 is 2.58 bits per heavy atom. The van der Waals surface area contributed by atoms with E-state index in [4.69, 9.17) is 4.52 Å². The third kappa shape index (κ3) is 4.09. The van der Waals surface area contributed by atoms with Gasteiger partial charge in [0.05, 0.1) is 11.7 Å². The molecule has 1 fully saturated rings. The molecule has 9 heteroatoms. The van der Waals surface area contributed by atoms with E-state index in [1.54, 1.807) is 11.6 Å². The molecule has 9 nitrogen and oxygen atoms in total. The van der Waals surface area contributed by atoms with Gasteiger partial charge in [0.2, 0.25) is 11.8 Å². The monoisotopic (exact) mass is 361 g/mol. The van der Waals surface area contributed by atoms with Crippen LogP contribution in [0.3, 0.4) is 0 Å². The van der Waals surface area contributed by atoms with Gasteiger partial charge < -0.3 is 9.84 Å². The third-order valence-corrected chi connectivity index (χ3v) is 4.77. The van der Waals surface area contributed by atoms with Crippen molar-refractivity contribution in [3.8, 4) is 0 Å². The van der Waals surface area contributed by atoms with Gasteiger partial charge in [0.25, 0.3) is 0 Å². The Hall–Kier alpha value is -2.29. The molecule has 0 aliphatic carbocycles. The average molecular weight is 361 g/mol. The number of rotatable bonds is 6. The summed E-state index contributed by atoms with van der Waals surface area (Å²) in [4.78, 5) is 19.4. The Labute approximate surface area is 153 Å². The molecule has 1 unspecified atom stereocenters. The lowest BCUT2D eigenvalue weighted by Gasteiger charge is -2.35. The molecule has 1 aliphatic rings. The van der Waals surface area contributed by atoms with Gasteiger partial charge in [-0.05, 0) is 38.8 Å². The highest BCUT2D eigenvalue weighted by atomic mass is 16.5. The molecule has 1 aliphatic heterocycles. The molecule has 3 rings (SSSR count). The van der Waals surface area contributed by atoms with Crippen LogP contribution >= 0.6 is 0 Å². The highest BCUT2D eigenvalue weighted by molar-refractivity contribution is 5.94.